The van der Waals surface area contributed by atoms with Gasteiger partial charge in [0, 0.05) is 10.5 Å². The summed E-state index contributed by atoms with van der Waals surface area (Å²) in [7, 11) is -3.61. The summed E-state index contributed by atoms with van der Waals surface area (Å²) < 4.78 is 28.3. The molecule has 0 saturated heterocycles. The van der Waals surface area contributed by atoms with E-state index >= 15 is 0 Å². The Morgan fingerprint density at radius 3 is 2.57 bits per heavy atom. The molecule has 0 N–H and O–H groups in total. The van der Waals surface area contributed by atoms with Gasteiger partial charge in [0.2, 0.25) is 0 Å². The van der Waals surface area contributed by atoms with Gasteiger partial charge in [-0.05, 0) is 49.1 Å². The molecule has 1 aromatic rings. The standard InChI is InChI=1S/C17H25O4PS/c1-6-19-22(18,20-7-2)21-13(3)14-8-9-16-15(12-14)17(4,5)10-11-23-16/h8-9,12H,3,6-7,10-11H2,1-2,4-5H3. The largest absolute Gasteiger partial charge is 0.530 e. The number of phosphoric ester groups is 1. The fourth-order valence-electron chi connectivity index (χ4n) is 2.50. The first-order chi connectivity index (χ1) is 10.8. The van der Waals surface area contributed by atoms with Crippen LogP contribution in [0.2, 0.25) is 0 Å². The van der Waals surface area contributed by atoms with E-state index in [1.807, 2.05) is 17.8 Å². The lowest BCUT2D eigenvalue weighted by Crippen LogP contribution is -2.22. The minimum atomic E-state index is -3.61. The zero-order valence-electron chi connectivity index (χ0n) is 14.3. The van der Waals surface area contributed by atoms with Crippen molar-refractivity contribution in [1.29, 1.82) is 0 Å². The van der Waals surface area contributed by atoms with E-state index in [0.29, 0.717) is 5.76 Å². The van der Waals surface area contributed by atoms with Crippen LogP contribution >= 0.6 is 19.6 Å². The molecule has 4 nitrogen and oxygen atoms in total. The van der Waals surface area contributed by atoms with Crippen LogP contribution in [-0.2, 0) is 23.6 Å². The normalized spacial score (nSPS) is 16.7. The van der Waals surface area contributed by atoms with Gasteiger partial charge < -0.3 is 4.52 Å². The zero-order valence-corrected chi connectivity index (χ0v) is 16.0. The molecule has 0 fully saturated rings. The van der Waals surface area contributed by atoms with Crippen LogP contribution in [0, 0.1) is 0 Å². The number of fused-ring (bicyclic) bond motifs is 1. The van der Waals surface area contributed by atoms with Gasteiger partial charge in [-0.2, -0.15) is 0 Å². The lowest BCUT2D eigenvalue weighted by molar-refractivity contribution is 0.159. The quantitative estimate of drug-likeness (QED) is 0.468. The van der Waals surface area contributed by atoms with E-state index in [0.717, 1.165) is 17.7 Å². The van der Waals surface area contributed by atoms with Crippen LogP contribution in [0.3, 0.4) is 0 Å². The highest BCUT2D eigenvalue weighted by molar-refractivity contribution is 7.99. The summed E-state index contributed by atoms with van der Waals surface area (Å²) in [5.41, 5.74) is 2.19. The number of phosphoric acid groups is 1. The van der Waals surface area contributed by atoms with Crippen molar-refractivity contribution in [1.82, 2.24) is 0 Å². The highest BCUT2D eigenvalue weighted by Crippen LogP contribution is 2.53. The molecule has 0 aromatic heterocycles. The van der Waals surface area contributed by atoms with Crippen molar-refractivity contribution < 1.29 is 18.1 Å². The van der Waals surface area contributed by atoms with E-state index in [4.69, 9.17) is 13.6 Å². The molecule has 1 aliphatic rings. The maximum atomic E-state index is 12.5. The number of hydrogen-bond acceptors (Lipinski definition) is 5. The Balaban J connectivity index is 2.25. The molecule has 1 aliphatic heterocycles. The van der Waals surface area contributed by atoms with E-state index in [9.17, 15) is 4.57 Å². The molecule has 0 amide bonds. The van der Waals surface area contributed by atoms with Crippen LogP contribution in [0.4, 0.5) is 0 Å². The van der Waals surface area contributed by atoms with Crippen molar-refractivity contribution in [2.45, 2.75) is 44.4 Å². The molecule has 0 atom stereocenters. The Morgan fingerprint density at radius 2 is 1.96 bits per heavy atom. The van der Waals surface area contributed by atoms with Crippen LogP contribution in [0.25, 0.3) is 5.76 Å². The Bertz CT molecular complexity index is 617. The second-order valence-corrected chi connectivity index (χ2v) is 8.72. The Labute approximate surface area is 143 Å². The third kappa shape index (κ3) is 4.42. The van der Waals surface area contributed by atoms with Crippen LogP contribution in [0.5, 0.6) is 0 Å². The van der Waals surface area contributed by atoms with Gasteiger partial charge in [0.1, 0.15) is 5.76 Å². The van der Waals surface area contributed by atoms with E-state index in [1.165, 1.54) is 10.5 Å². The second kappa shape index (κ2) is 7.43. The topological polar surface area (TPSA) is 44.8 Å². The lowest BCUT2D eigenvalue weighted by atomic mass is 9.81. The van der Waals surface area contributed by atoms with Crippen LogP contribution in [0.15, 0.2) is 29.7 Å². The lowest BCUT2D eigenvalue weighted by Gasteiger charge is -2.32. The predicted octanol–water partition coefficient (Wildman–Crippen LogP) is 5.63. The molecule has 6 heteroatoms. The summed E-state index contributed by atoms with van der Waals surface area (Å²) >= 11 is 1.87. The molecule has 0 saturated carbocycles. The first-order valence-corrected chi connectivity index (χ1v) is 10.3. The number of thioether (sulfide) groups is 1. The molecule has 23 heavy (non-hydrogen) atoms. The summed E-state index contributed by atoms with van der Waals surface area (Å²) in [5.74, 6) is 1.44. The van der Waals surface area contributed by atoms with Crippen LogP contribution < -0.4 is 0 Å². The third-order valence-electron chi connectivity index (χ3n) is 3.81. The average molecular weight is 356 g/mol. The number of benzene rings is 1. The molecule has 0 aliphatic carbocycles. The minimum absolute atomic E-state index is 0.112. The summed E-state index contributed by atoms with van der Waals surface area (Å²) in [6.07, 6.45) is 1.12. The smallest absolute Gasteiger partial charge is 0.404 e. The highest BCUT2D eigenvalue weighted by atomic mass is 32.2. The predicted molar refractivity (Wildman–Crippen MR) is 95.8 cm³/mol. The molecular formula is C17H25O4PS. The maximum Gasteiger partial charge on any atom is 0.530 e. The van der Waals surface area contributed by atoms with E-state index in [-0.39, 0.29) is 18.6 Å². The summed E-state index contributed by atoms with van der Waals surface area (Å²) in [5, 5.41) is 0. The zero-order chi connectivity index (χ0) is 17.1. The average Bonchev–Trinajstić information content (AvgIpc) is 2.47. The van der Waals surface area contributed by atoms with Gasteiger partial charge in [-0.25, -0.2) is 4.57 Å². The molecule has 2 rings (SSSR count). The van der Waals surface area contributed by atoms with Gasteiger partial charge in [0.05, 0.1) is 13.2 Å². The fourth-order valence-corrected chi connectivity index (χ4v) is 5.18. The Morgan fingerprint density at radius 1 is 1.30 bits per heavy atom. The molecule has 1 aromatic carbocycles. The molecule has 128 valence electrons. The van der Waals surface area contributed by atoms with Crippen molar-refractivity contribution in [2.24, 2.45) is 0 Å². The summed E-state index contributed by atoms with van der Waals surface area (Å²) in [6, 6.07) is 6.10. The first-order valence-electron chi connectivity index (χ1n) is 7.86. The van der Waals surface area contributed by atoms with Crippen LogP contribution in [0.1, 0.15) is 45.2 Å². The fraction of sp³-hybridized carbons (Fsp3) is 0.529. The Hall–Kier alpha value is -0.740. The molecule has 0 bridgehead atoms. The highest BCUT2D eigenvalue weighted by Gasteiger charge is 2.31. The van der Waals surface area contributed by atoms with Gasteiger partial charge in [0.25, 0.3) is 0 Å². The number of rotatable bonds is 7. The van der Waals surface area contributed by atoms with Crippen LogP contribution in [-0.4, -0.2) is 19.0 Å². The van der Waals surface area contributed by atoms with Crippen molar-refractivity contribution in [3.8, 4) is 0 Å². The monoisotopic (exact) mass is 356 g/mol. The van der Waals surface area contributed by atoms with Crippen molar-refractivity contribution >= 4 is 25.3 Å². The SMILES string of the molecule is C=C(OP(=O)(OCC)OCC)c1ccc2c(c1)C(C)(C)CCS2. The summed E-state index contributed by atoms with van der Waals surface area (Å²) in [4.78, 5) is 1.29. The molecule has 0 unspecified atom stereocenters. The molecule has 1 heterocycles. The van der Waals surface area contributed by atoms with Crippen molar-refractivity contribution in [3.63, 3.8) is 0 Å². The van der Waals surface area contributed by atoms with E-state index < -0.39 is 7.82 Å². The minimum Gasteiger partial charge on any atom is -0.404 e. The summed E-state index contributed by atoms with van der Waals surface area (Å²) in [6.45, 7) is 12.4. The van der Waals surface area contributed by atoms with Crippen molar-refractivity contribution in [3.05, 3.63) is 35.9 Å². The Kier molecular flexibility index (Phi) is 6.01. The first kappa shape index (κ1) is 18.6. The van der Waals surface area contributed by atoms with E-state index in [1.54, 1.807) is 13.8 Å². The van der Waals surface area contributed by atoms with E-state index in [2.05, 4.69) is 32.6 Å². The van der Waals surface area contributed by atoms with Crippen molar-refractivity contribution in [2.75, 3.05) is 19.0 Å². The second-order valence-electron chi connectivity index (χ2n) is 5.99. The molecule has 0 radical (unpaired) electrons. The van der Waals surface area contributed by atoms with Gasteiger partial charge in [0.15, 0.2) is 0 Å². The molecule has 0 spiro atoms. The third-order valence-corrected chi connectivity index (χ3v) is 6.48. The maximum absolute atomic E-state index is 12.5. The molecular weight excluding hydrogens is 331 g/mol. The van der Waals surface area contributed by atoms with Gasteiger partial charge in [-0.1, -0.05) is 26.5 Å². The van der Waals surface area contributed by atoms with Gasteiger partial charge in [-0.3, -0.25) is 9.05 Å². The van der Waals surface area contributed by atoms with Gasteiger partial charge in [-0.15, -0.1) is 11.8 Å². The van der Waals surface area contributed by atoms with Gasteiger partial charge >= 0.3 is 7.82 Å². The number of hydrogen-bond donors (Lipinski definition) is 0.